The minimum atomic E-state index is -0.491. The Labute approximate surface area is 180 Å². The molecule has 7 rings (SSSR count). The van der Waals surface area contributed by atoms with E-state index < -0.39 is 5.66 Å². The number of aromatic nitrogens is 2. The lowest BCUT2D eigenvalue weighted by molar-refractivity contribution is -0.134. The number of fused-ring (bicyclic) bond motifs is 4. The van der Waals surface area contributed by atoms with Crippen LogP contribution in [0.25, 0.3) is 11.0 Å². The molecule has 0 radical (unpaired) electrons. The van der Waals surface area contributed by atoms with Crippen molar-refractivity contribution < 1.29 is 9.59 Å². The monoisotopic (exact) mass is 415 g/mol. The lowest BCUT2D eigenvalue weighted by Gasteiger charge is -2.60. The number of benzene rings is 2. The Morgan fingerprint density at radius 2 is 1.94 bits per heavy atom. The third-order valence-corrected chi connectivity index (χ3v) is 7.62. The number of anilines is 2. The van der Waals surface area contributed by atoms with Crippen molar-refractivity contribution >= 4 is 34.5 Å². The molecule has 4 aliphatic rings. The predicted octanol–water partition coefficient (Wildman–Crippen LogP) is 3.88. The molecule has 3 aliphatic carbocycles. The molecule has 4 N–H and O–H groups in total. The highest BCUT2D eigenvalue weighted by atomic mass is 16.2. The molecular formula is C24H25N5O2. The zero-order valence-electron chi connectivity index (χ0n) is 17.4. The molecule has 1 spiro atoms. The van der Waals surface area contributed by atoms with Gasteiger partial charge in [0.05, 0.1) is 16.6 Å². The summed E-state index contributed by atoms with van der Waals surface area (Å²) in [7, 11) is 0. The molecule has 31 heavy (non-hydrogen) atoms. The summed E-state index contributed by atoms with van der Waals surface area (Å²) >= 11 is 0. The van der Waals surface area contributed by atoms with Crippen molar-refractivity contribution in [1.29, 1.82) is 0 Å². The normalized spacial score (nSPS) is 31.2. The molecular weight excluding hydrogens is 390 g/mol. The van der Waals surface area contributed by atoms with E-state index >= 15 is 0 Å². The van der Waals surface area contributed by atoms with Crippen molar-refractivity contribution in [1.82, 2.24) is 15.3 Å². The quantitative estimate of drug-likeness (QED) is 0.510. The number of hydrogen-bond donors (Lipinski definition) is 4. The van der Waals surface area contributed by atoms with E-state index in [4.69, 9.17) is 0 Å². The fraction of sp³-hybridized carbons (Fsp3) is 0.375. The van der Waals surface area contributed by atoms with Gasteiger partial charge in [0.2, 0.25) is 11.9 Å². The van der Waals surface area contributed by atoms with Gasteiger partial charge in [-0.1, -0.05) is 31.2 Å². The number of carbonyl (C=O) groups is 2. The van der Waals surface area contributed by atoms with Gasteiger partial charge in [-0.05, 0) is 55.4 Å². The smallest absolute Gasteiger partial charge is 0.255 e. The van der Waals surface area contributed by atoms with Crippen LogP contribution in [0.5, 0.6) is 0 Å². The Morgan fingerprint density at radius 3 is 2.77 bits per heavy atom. The molecule has 3 aromatic rings. The average molecular weight is 415 g/mol. The second-order valence-electron chi connectivity index (χ2n) is 9.54. The van der Waals surface area contributed by atoms with Crippen LogP contribution < -0.4 is 16.0 Å². The summed E-state index contributed by atoms with van der Waals surface area (Å²) in [6, 6.07) is 15.4. The maximum atomic E-state index is 13.3. The second-order valence-corrected chi connectivity index (χ2v) is 9.54. The van der Waals surface area contributed by atoms with Gasteiger partial charge in [-0.3, -0.25) is 14.9 Å². The van der Waals surface area contributed by atoms with Crippen LogP contribution in [0.1, 0.15) is 43.0 Å². The lowest BCUT2D eigenvalue weighted by Crippen LogP contribution is -2.70. The van der Waals surface area contributed by atoms with Crippen LogP contribution in [0, 0.1) is 17.3 Å². The maximum absolute atomic E-state index is 13.3. The average Bonchev–Trinajstić information content (AvgIpc) is 3.15. The number of para-hydroxylation sites is 3. The first-order valence-corrected chi connectivity index (χ1v) is 10.9. The summed E-state index contributed by atoms with van der Waals surface area (Å²) in [6.07, 6.45) is 3.41. The minimum Gasteiger partial charge on any atom is -0.362 e. The molecule has 158 valence electrons. The van der Waals surface area contributed by atoms with Crippen molar-refractivity contribution in [3.8, 4) is 0 Å². The molecule has 3 fully saturated rings. The first-order valence-electron chi connectivity index (χ1n) is 10.9. The molecule has 0 saturated heterocycles. The van der Waals surface area contributed by atoms with E-state index in [1.54, 1.807) is 0 Å². The summed E-state index contributed by atoms with van der Waals surface area (Å²) in [5, 5.41) is 9.93. The van der Waals surface area contributed by atoms with E-state index in [2.05, 4.69) is 32.8 Å². The molecule has 7 heteroatoms. The van der Waals surface area contributed by atoms with Gasteiger partial charge in [0.15, 0.2) is 0 Å². The van der Waals surface area contributed by atoms with Gasteiger partial charge < -0.3 is 15.6 Å². The number of H-pyrrole nitrogens is 1. The fourth-order valence-corrected chi connectivity index (χ4v) is 6.07. The largest absolute Gasteiger partial charge is 0.362 e. The van der Waals surface area contributed by atoms with E-state index in [-0.39, 0.29) is 29.1 Å². The van der Waals surface area contributed by atoms with Gasteiger partial charge in [0, 0.05) is 17.5 Å². The van der Waals surface area contributed by atoms with Crippen LogP contribution >= 0.6 is 0 Å². The van der Waals surface area contributed by atoms with Crippen molar-refractivity contribution in [2.75, 3.05) is 10.6 Å². The van der Waals surface area contributed by atoms with E-state index in [9.17, 15) is 9.59 Å². The van der Waals surface area contributed by atoms with Crippen LogP contribution in [0.4, 0.5) is 11.6 Å². The number of carbonyl (C=O) groups excluding carboxylic acids is 2. The van der Waals surface area contributed by atoms with Gasteiger partial charge in [0.1, 0.15) is 5.66 Å². The molecule has 1 aliphatic heterocycles. The van der Waals surface area contributed by atoms with E-state index in [1.165, 1.54) is 0 Å². The van der Waals surface area contributed by atoms with Gasteiger partial charge >= 0.3 is 0 Å². The zero-order chi connectivity index (χ0) is 21.2. The number of rotatable bonds is 2. The summed E-state index contributed by atoms with van der Waals surface area (Å²) < 4.78 is 0. The first kappa shape index (κ1) is 18.4. The van der Waals surface area contributed by atoms with Gasteiger partial charge in [-0.2, -0.15) is 0 Å². The van der Waals surface area contributed by atoms with E-state index in [1.807, 2.05) is 48.5 Å². The molecule has 7 nitrogen and oxygen atoms in total. The summed E-state index contributed by atoms with van der Waals surface area (Å²) in [5.74, 6) is 0.528. The van der Waals surface area contributed by atoms with Crippen molar-refractivity contribution in [3.63, 3.8) is 0 Å². The van der Waals surface area contributed by atoms with Crippen LogP contribution in [-0.4, -0.2) is 27.4 Å². The molecule has 4 atom stereocenters. The van der Waals surface area contributed by atoms with Crippen LogP contribution in [0.3, 0.4) is 0 Å². The first-order chi connectivity index (χ1) is 15.0. The topological polar surface area (TPSA) is 98.9 Å². The molecule has 2 amide bonds. The second kappa shape index (κ2) is 6.33. The molecule has 3 saturated carbocycles. The van der Waals surface area contributed by atoms with Crippen LogP contribution in [0.15, 0.2) is 48.5 Å². The predicted molar refractivity (Wildman–Crippen MR) is 119 cm³/mol. The number of hydrogen-bond acceptors (Lipinski definition) is 4. The number of amides is 2. The third-order valence-electron chi connectivity index (χ3n) is 7.62. The SMILES string of the molecule is C[C@]12CC[C@H](C[C@@H]1C(=O)Nc1nc3ccccc3[nH]1)[C@]1(C2)NC(=O)c2ccccc2N1. The number of nitrogens with zero attached hydrogens (tertiary/aromatic N) is 1. The van der Waals surface area contributed by atoms with E-state index in [0.717, 1.165) is 42.4 Å². The van der Waals surface area contributed by atoms with Crippen molar-refractivity contribution in [2.24, 2.45) is 17.3 Å². The Morgan fingerprint density at radius 1 is 1.13 bits per heavy atom. The molecule has 1 aromatic heterocycles. The minimum absolute atomic E-state index is 0.00337. The Kier molecular flexibility index (Phi) is 3.76. The molecule has 0 unspecified atom stereocenters. The van der Waals surface area contributed by atoms with Crippen molar-refractivity contribution in [3.05, 3.63) is 54.1 Å². The highest BCUT2D eigenvalue weighted by Crippen LogP contribution is 2.58. The molecule has 2 bridgehead atoms. The Hall–Kier alpha value is -3.35. The van der Waals surface area contributed by atoms with Crippen molar-refractivity contribution in [2.45, 2.75) is 38.3 Å². The third kappa shape index (κ3) is 2.76. The van der Waals surface area contributed by atoms with Gasteiger partial charge in [-0.15, -0.1) is 0 Å². The molecule has 2 aromatic carbocycles. The van der Waals surface area contributed by atoms with Crippen LogP contribution in [-0.2, 0) is 4.79 Å². The number of nitrogens with one attached hydrogen (secondary N) is 4. The number of imidazole rings is 1. The highest BCUT2D eigenvalue weighted by molar-refractivity contribution is 6.02. The van der Waals surface area contributed by atoms with Crippen LogP contribution in [0.2, 0.25) is 0 Å². The Balaban J connectivity index is 1.26. The summed E-state index contributed by atoms with van der Waals surface area (Å²) in [4.78, 5) is 33.8. The maximum Gasteiger partial charge on any atom is 0.255 e. The number of aromatic amines is 1. The lowest BCUT2D eigenvalue weighted by atomic mass is 9.51. The van der Waals surface area contributed by atoms with E-state index in [0.29, 0.717) is 11.5 Å². The zero-order valence-corrected chi connectivity index (χ0v) is 17.4. The standard InChI is InChI=1S/C24H25N5O2/c1-23-11-10-14(24(13-23)28-17-7-3-2-6-15(17)20(30)29-24)12-16(23)21(31)27-22-25-18-8-4-5-9-19(18)26-22/h2-9,14,16,28H,10-13H2,1H3,(H,29,30)(H2,25,26,27,31)/t14-,16-,23-,24+/m1/s1. The highest BCUT2D eigenvalue weighted by Gasteiger charge is 2.60. The van der Waals surface area contributed by atoms with Gasteiger partial charge in [-0.25, -0.2) is 4.98 Å². The summed E-state index contributed by atoms with van der Waals surface area (Å²) in [5.41, 5.74) is 2.60. The van der Waals surface area contributed by atoms with Gasteiger partial charge in [0.25, 0.3) is 5.91 Å². The molecule has 2 heterocycles. The fourth-order valence-electron chi connectivity index (χ4n) is 6.07. The summed E-state index contributed by atoms with van der Waals surface area (Å²) in [6.45, 7) is 2.18. The Bertz CT molecular complexity index is 1190.